The number of benzene rings is 1. The van der Waals surface area contributed by atoms with E-state index in [-0.39, 0.29) is 11.3 Å². The van der Waals surface area contributed by atoms with Gasteiger partial charge >= 0.3 is 0 Å². The van der Waals surface area contributed by atoms with E-state index < -0.39 is 17.5 Å². The lowest BCUT2D eigenvalue weighted by Gasteiger charge is -2.06. The van der Waals surface area contributed by atoms with Crippen LogP contribution in [0.25, 0.3) is 0 Å². The van der Waals surface area contributed by atoms with Crippen molar-refractivity contribution in [1.82, 2.24) is 4.98 Å². The Labute approximate surface area is 108 Å². The normalized spacial score (nSPS) is 10.1. The van der Waals surface area contributed by atoms with Crippen LogP contribution in [0, 0.1) is 11.6 Å². The minimum absolute atomic E-state index is 0.0795. The molecule has 0 aliphatic rings. The summed E-state index contributed by atoms with van der Waals surface area (Å²) >= 11 is 0. The van der Waals surface area contributed by atoms with Crippen LogP contribution < -0.4 is 10.6 Å². The average molecular weight is 263 g/mol. The Hall–Kier alpha value is -2.50. The number of aromatic nitrogens is 1. The first-order valence-corrected chi connectivity index (χ1v) is 5.50. The maximum Gasteiger partial charge on any atom is 0.257 e. The summed E-state index contributed by atoms with van der Waals surface area (Å²) in [6, 6.07) is 6.11. The van der Waals surface area contributed by atoms with Gasteiger partial charge in [0.25, 0.3) is 5.91 Å². The van der Waals surface area contributed by atoms with Crippen molar-refractivity contribution < 1.29 is 13.6 Å². The van der Waals surface area contributed by atoms with Crippen LogP contribution in [0.3, 0.4) is 0 Å². The minimum atomic E-state index is -0.826. The van der Waals surface area contributed by atoms with Gasteiger partial charge in [0, 0.05) is 19.3 Å². The van der Waals surface area contributed by atoms with Crippen LogP contribution in [0.15, 0.2) is 36.5 Å². The third-order valence-electron chi connectivity index (χ3n) is 2.46. The maximum atomic E-state index is 13.4. The van der Waals surface area contributed by atoms with E-state index in [2.05, 4.69) is 15.6 Å². The Balaban J connectivity index is 2.15. The number of anilines is 2. The zero-order valence-corrected chi connectivity index (χ0v) is 10.1. The molecule has 0 bridgehead atoms. The van der Waals surface area contributed by atoms with Crippen molar-refractivity contribution in [3.05, 3.63) is 53.7 Å². The number of nitrogens with zero attached hydrogens (tertiary/aromatic N) is 1. The van der Waals surface area contributed by atoms with Gasteiger partial charge in [-0.2, -0.15) is 0 Å². The molecule has 1 aromatic carbocycles. The lowest BCUT2D eigenvalue weighted by atomic mass is 10.2. The first-order valence-electron chi connectivity index (χ1n) is 5.50. The summed E-state index contributed by atoms with van der Waals surface area (Å²) in [5, 5.41) is 5.16. The van der Waals surface area contributed by atoms with Crippen LogP contribution in [-0.4, -0.2) is 17.9 Å². The van der Waals surface area contributed by atoms with Gasteiger partial charge in [-0.1, -0.05) is 0 Å². The van der Waals surface area contributed by atoms with E-state index >= 15 is 0 Å². The highest BCUT2D eigenvalue weighted by atomic mass is 19.1. The fraction of sp³-hybridized carbons (Fsp3) is 0.0769. The number of rotatable bonds is 3. The minimum Gasteiger partial charge on any atom is -0.373 e. The van der Waals surface area contributed by atoms with Crippen LogP contribution in [0.5, 0.6) is 0 Å². The van der Waals surface area contributed by atoms with Crippen LogP contribution in [0.2, 0.25) is 0 Å². The largest absolute Gasteiger partial charge is 0.373 e. The Morgan fingerprint density at radius 1 is 1.21 bits per heavy atom. The smallest absolute Gasteiger partial charge is 0.257 e. The van der Waals surface area contributed by atoms with Crippen molar-refractivity contribution in [3.8, 4) is 0 Å². The summed E-state index contributed by atoms with van der Waals surface area (Å²) in [6.07, 6.45) is 1.36. The molecule has 4 nitrogen and oxygen atoms in total. The van der Waals surface area contributed by atoms with E-state index in [0.717, 1.165) is 12.1 Å². The highest BCUT2D eigenvalue weighted by Crippen LogP contribution is 2.16. The molecule has 6 heteroatoms. The summed E-state index contributed by atoms with van der Waals surface area (Å²) in [6.45, 7) is 0. The van der Waals surface area contributed by atoms with E-state index in [4.69, 9.17) is 0 Å². The molecule has 0 radical (unpaired) electrons. The average Bonchev–Trinajstić information content (AvgIpc) is 2.42. The molecule has 1 aromatic heterocycles. The van der Waals surface area contributed by atoms with Gasteiger partial charge in [0.15, 0.2) is 0 Å². The van der Waals surface area contributed by atoms with Gasteiger partial charge < -0.3 is 10.6 Å². The first kappa shape index (κ1) is 12.9. The van der Waals surface area contributed by atoms with Gasteiger partial charge in [-0.05, 0) is 24.3 Å². The lowest BCUT2D eigenvalue weighted by molar-refractivity contribution is 0.102. The third kappa shape index (κ3) is 3.04. The predicted molar refractivity (Wildman–Crippen MR) is 68.1 cm³/mol. The first-order chi connectivity index (χ1) is 9.10. The summed E-state index contributed by atoms with van der Waals surface area (Å²) in [5.41, 5.74) is 0.201. The van der Waals surface area contributed by atoms with Crippen molar-refractivity contribution in [2.45, 2.75) is 0 Å². The molecule has 1 heterocycles. The topological polar surface area (TPSA) is 54.0 Å². The molecule has 0 spiro atoms. The van der Waals surface area contributed by atoms with Gasteiger partial charge in [0.05, 0.1) is 11.3 Å². The number of halogens is 2. The fourth-order valence-electron chi connectivity index (χ4n) is 1.46. The molecule has 0 atom stereocenters. The van der Waals surface area contributed by atoms with Gasteiger partial charge in [0.2, 0.25) is 0 Å². The second-order valence-electron chi connectivity index (χ2n) is 3.76. The summed E-state index contributed by atoms with van der Waals surface area (Å²) in [5.74, 6) is -1.42. The standard InChI is InChI=1S/C13H11F2N3O/c1-16-12-5-2-8(7-17-12)13(19)18-11-4-3-9(14)6-10(11)15/h2-7H,1H3,(H,16,17)(H,18,19). The van der Waals surface area contributed by atoms with E-state index in [1.54, 1.807) is 19.2 Å². The molecule has 0 aliphatic carbocycles. The number of hydrogen-bond acceptors (Lipinski definition) is 3. The molecule has 2 N–H and O–H groups in total. The lowest BCUT2D eigenvalue weighted by Crippen LogP contribution is -2.13. The van der Waals surface area contributed by atoms with Crippen molar-refractivity contribution in [2.24, 2.45) is 0 Å². The number of hydrogen-bond donors (Lipinski definition) is 2. The van der Waals surface area contributed by atoms with E-state index in [9.17, 15) is 13.6 Å². The number of nitrogens with one attached hydrogen (secondary N) is 2. The van der Waals surface area contributed by atoms with E-state index in [1.807, 2.05) is 0 Å². The molecule has 98 valence electrons. The number of carbonyl (C=O) groups excluding carboxylic acids is 1. The Kier molecular flexibility index (Phi) is 3.70. The molecule has 0 saturated heterocycles. The third-order valence-corrected chi connectivity index (χ3v) is 2.46. The van der Waals surface area contributed by atoms with E-state index in [0.29, 0.717) is 11.9 Å². The Bertz CT molecular complexity index is 599. The second-order valence-corrected chi connectivity index (χ2v) is 3.76. The highest BCUT2D eigenvalue weighted by molar-refractivity contribution is 6.04. The monoisotopic (exact) mass is 263 g/mol. The molecule has 19 heavy (non-hydrogen) atoms. The zero-order chi connectivity index (χ0) is 13.8. The quantitative estimate of drug-likeness (QED) is 0.895. The van der Waals surface area contributed by atoms with Gasteiger partial charge in [0.1, 0.15) is 17.5 Å². The predicted octanol–water partition coefficient (Wildman–Crippen LogP) is 2.65. The fourth-order valence-corrected chi connectivity index (χ4v) is 1.46. The molecular formula is C13H11F2N3O. The molecule has 1 amide bonds. The summed E-state index contributed by atoms with van der Waals surface area (Å²) in [4.78, 5) is 15.8. The van der Waals surface area contributed by atoms with Gasteiger partial charge in [-0.25, -0.2) is 13.8 Å². The molecule has 2 aromatic rings. The summed E-state index contributed by atoms with van der Waals surface area (Å²) in [7, 11) is 1.70. The Morgan fingerprint density at radius 3 is 2.58 bits per heavy atom. The summed E-state index contributed by atoms with van der Waals surface area (Å²) < 4.78 is 26.1. The van der Waals surface area contributed by atoms with Crippen LogP contribution in [0.1, 0.15) is 10.4 Å². The van der Waals surface area contributed by atoms with Crippen molar-refractivity contribution in [3.63, 3.8) is 0 Å². The molecule has 0 aliphatic heterocycles. The maximum absolute atomic E-state index is 13.4. The molecule has 0 fully saturated rings. The second kappa shape index (κ2) is 5.43. The van der Waals surface area contributed by atoms with Crippen LogP contribution in [-0.2, 0) is 0 Å². The molecular weight excluding hydrogens is 252 g/mol. The molecule has 0 unspecified atom stereocenters. The Morgan fingerprint density at radius 2 is 2.00 bits per heavy atom. The van der Waals surface area contributed by atoms with E-state index in [1.165, 1.54) is 6.20 Å². The van der Waals surface area contributed by atoms with Gasteiger partial charge in [-0.3, -0.25) is 4.79 Å². The van der Waals surface area contributed by atoms with Crippen molar-refractivity contribution >= 4 is 17.4 Å². The van der Waals surface area contributed by atoms with Gasteiger partial charge in [-0.15, -0.1) is 0 Å². The molecule has 0 saturated carbocycles. The highest BCUT2D eigenvalue weighted by Gasteiger charge is 2.10. The number of amides is 1. The zero-order valence-electron chi connectivity index (χ0n) is 10.1. The number of pyridine rings is 1. The molecule has 2 rings (SSSR count). The number of carbonyl (C=O) groups is 1. The van der Waals surface area contributed by atoms with Crippen LogP contribution >= 0.6 is 0 Å². The SMILES string of the molecule is CNc1ccc(C(=O)Nc2ccc(F)cc2F)cn1. The van der Waals surface area contributed by atoms with Crippen molar-refractivity contribution in [1.29, 1.82) is 0 Å². The van der Waals surface area contributed by atoms with Crippen LogP contribution in [0.4, 0.5) is 20.3 Å². The van der Waals surface area contributed by atoms with Crippen molar-refractivity contribution in [2.75, 3.05) is 17.7 Å².